The van der Waals surface area contributed by atoms with Crippen LogP contribution in [0.15, 0.2) is 41.1 Å². The van der Waals surface area contributed by atoms with Crippen molar-refractivity contribution in [2.45, 2.75) is 6.54 Å². The van der Waals surface area contributed by atoms with E-state index < -0.39 is 0 Å². The molecule has 2 rings (SSSR count). The molecule has 1 N–H and O–H groups in total. The Bertz CT molecular complexity index is 580. The Morgan fingerprint density at radius 2 is 2.22 bits per heavy atom. The van der Waals surface area contributed by atoms with Gasteiger partial charge in [0.15, 0.2) is 0 Å². The number of hydrogen-bond acceptors (Lipinski definition) is 1. The van der Waals surface area contributed by atoms with Crippen LogP contribution in [-0.4, -0.2) is 10.5 Å². The first-order valence-electron chi connectivity index (χ1n) is 5.40. The van der Waals surface area contributed by atoms with E-state index >= 15 is 0 Å². The van der Waals surface area contributed by atoms with E-state index in [1.54, 1.807) is 0 Å². The number of nitrogens with zero attached hydrogens (tertiary/aromatic N) is 1. The zero-order valence-corrected chi connectivity index (χ0v) is 11.4. The summed E-state index contributed by atoms with van der Waals surface area (Å²) < 4.78 is 15.3. The predicted octanol–water partition coefficient (Wildman–Crippen LogP) is 2.86. The first-order valence-corrected chi connectivity index (χ1v) is 6.19. The van der Waals surface area contributed by atoms with Gasteiger partial charge in [-0.2, -0.15) is 0 Å². The second-order valence-electron chi connectivity index (χ2n) is 3.99. The van der Waals surface area contributed by atoms with Crippen molar-refractivity contribution in [2.24, 2.45) is 7.05 Å². The Kier molecular flexibility index (Phi) is 3.81. The van der Waals surface area contributed by atoms with Crippen LogP contribution in [0.1, 0.15) is 15.9 Å². The van der Waals surface area contributed by atoms with Gasteiger partial charge in [0.1, 0.15) is 5.82 Å². The Hall–Kier alpha value is -1.62. The van der Waals surface area contributed by atoms with Gasteiger partial charge in [0, 0.05) is 30.5 Å². The molecule has 0 bridgehead atoms. The van der Waals surface area contributed by atoms with Crippen LogP contribution in [0, 0.1) is 5.82 Å². The van der Waals surface area contributed by atoms with Gasteiger partial charge < -0.3 is 9.88 Å². The molecule has 5 heteroatoms. The molecule has 2 aromatic rings. The average molecular weight is 311 g/mol. The molecule has 0 atom stereocenters. The molecule has 0 aliphatic rings. The number of nitrogens with one attached hydrogen (secondary N) is 1. The van der Waals surface area contributed by atoms with Crippen LogP contribution < -0.4 is 5.32 Å². The van der Waals surface area contributed by atoms with Gasteiger partial charge in [0.05, 0.1) is 5.56 Å². The summed E-state index contributed by atoms with van der Waals surface area (Å²) in [4.78, 5) is 11.9. The van der Waals surface area contributed by atoms with Gasteiger partial charge in [-0.15, -0.1) is 0 Å². The maximum atomic E-state index is 12.9. The van der Waals surface area contributed by atoms with Gasteiger partial charge in [0.2, 0.25) is 0 Å². The van der Waals surface area contributed by atoms with Crippen molar-refractivity contribution < 1.29 is 9.18 Å². The largest absolute Gasteiger partial charge is 0.357 e. The average Bonchev–Trinajstić information content (AvgIpc) is 2.72. The molecule has 0 aliphatic heterocycles. The zero-order valence-electron chi connectivity index (χ0n) is 9.78. The summed E-state index contributed by atoms with van der Waals surface area (Å²) in [5, 5.41) is 2.78. The lowest BCUT2D eigenvalue weighted by molar-refractivity contribution is 0.0950. The lowest BCUT2D eigenvalue weighted by Crippen LogP contribution is -2.23. The Balaban J connectivity index is 2.03. The summed E-state index contributed by atoms with van der Waals surface area (Å²) in [7, 11) is 1.92. The van der Waals surface area contributed by atoms with E-state index in [1.165, 1.54) is 18.2 Å². The number of benzene rings is 1. The molecular formula is C13H12BrFN2O. The molecule has 0 unspecified atom stereocenters. The maximum absolute atomic E-state index is 12.9. The minimum Gasteiger partial charge on any atom is -0.357 e. The van der Waals surface area contributed by atoms with Crippen LogP contribution in [0.4, 0.5) is 4.39 Å². The zero-order chi connectivity index (χ0) is 13.1. The molecule has 1 heterocycles. The van der Waals surface area contributed by atoms with Crippen molar-refractivity contribution in [1.29, 1.82) is 0 Å². The summed E-state index contributed by atoms with van der Waals surface area (Å²) in [5.41, 5.74) is 1.44. The standard InChI is InChI=1S/C13H12BrFN2O/c1-17-5-4-9(8-17)7-16-13(18)11-3-2-10(15)6-12(11)14/h2-6,8H,7H2,1H3,(H,16,18). The topological polar surface area (TPSA) is 34.0 Å². The van der Waals surface area contributed by atoms with Crippen LogP contribution in [0.5, 0.6) is 0 Å². The van der Waals surface area contributed by atoms with Crippen molar-refractivity contribution >= 4 is 21.8 Å². The summed E-state index contributed by atoms with van der Waals surface area (Å²) in [5.74, 6) is -0.604. The monoisotopic (exact) mass is 310 g/mol. The molecular weight excluding hydrogens is 299 g/mol. The minimum absolute atomic E-state index is 0.231. The van der Waals surface area contributed by atoms with Gasteiger partial charge in [-0.1, -0.05) is 0 Å². The second kappa shape index (κ2) is 5.35. The number of carbonyl (C=O) groups is 1. The molecule has 1 amide bonds. The van der Waals surface area contributed by atoms with Crippen molar-refractivity contribution in [3.05, 3.63) is 58.1 Å². The van der Waals surface area contributed by atoms with E-state index in [2.05, 4.69) is 21.2 Å². The number of aryl methyl sites for hydroxylation is 1. The first-order chi connectivity index (χ1) is 8.56. The van der Waals surface area contributed by atoms with Crippen molar-refractivity contribution in [2.75, 3.05) is 0 Å². The normalized spacial score (nSPS) is 10.4. The van der Waals surface area contributed by atoms with E-state index in [4.69, 9.17) is 0 Å². The van der Waals surface area contributed by atoms with Gasteiger partial charge in [-0.3, -0.25) is 4.79 Å². The lowest BCUT2D eigenvalue weighted by atomic mass is 10.2. The third-order valence-electron chi connectivity index (χ3n) is 2.52. The summed E-state index contributed by atoms with van der Waals surface area (Å²) >= 11 is 3.17. The highest BCUT2D eigenvalue weighted by Crippen LogP contribution is 2.17. The van der Waals surface area contributed by atoms with E-state index in [0.717, 1.165) is 5.56 Å². The fourth-order valence-electron chi connectivity index (χ4n) is 1.62. The molecule has 0 spiro atoms. The number of carbonyl (C=O) groups excluding carboxylic acids is 1. The van der Waals surface area contributed by atoms with E-state index in [1.807, 2.05) is 30.1 Å². The van der Waals surface area contributed by atoms with Crippen molar-refractivity contribution in [3.63, 3.8) is 0 Å². The smallest absolute Gasteiger partial charge is 0.252 e. The van der Waals surface area contributed by atoms with E-state index in [9.17, 15) is 9.18 Å². The number of hydrogen-bond donors (Lipinski definition) is 1. The predicted molar refractivity (Wildman–Crippen MR) is 70.7 cm³/mol. The summed E-state index contributed by atoms with van der Waals surface area (Å²) in [6, 6.07) is 5.93. The first kappa shape index (κ1) is 12.8. The highest BCUT2D eigenvalue weighted by molar-refractivity contribution is 9.10. The quantitative estimate of drug-likeness (QED) is 0.929. The van der Waals surface area contributed by atoms with Crippen LogP contribution >= 0.6 is 15.9 Å². The third-order valence-corrected chi connectivity index (χ3v) is 3.18. The Morgan fingerprint density at radius 1 is 1.44 bits per heavy atom. The fourth-order valence-corrected chi connectivity index (χ4v) is 2.15. The van der Waals surface area contributed by atoms with Gasteiger partial charge in [0.25, 0.3) is 5.91 Å². The van der Waals surface area contributed by atoms with E-state index in [-0.39, 0.29) is 11.7 Å². The molecule has 0 fully saturated rings. The molecule has 3 nitrogen and oxygen atoms in total. The van der Waals surface area contributed by atoms with Crippen LogP contribution in [-0.2, 0) is 13.6 Å². The number of amides is 1. The molecule has 94 valence electrons. The number of aromatic nitrogens is 1. The van der Waals surface area contributed by atoms with Gasteiger partial charge in [-0.05, 0) is 45.8 Å². The van der Waals surface area contributed by atoms with Crippen LogP contribution in [0.25, 0.3) is 0 Å². The van der Waals surface area contributed by atoms with Crippen LogP contribution in [0.3, 0.4) is 0 Å². The van der Waals surface area contributed by atoms with Gasteiger partial charge >= 0.3 is 0 Å². The summed E-state index contributed by atoms with van der Waals surface area (Å²) in [6.45, 7) is 0.448. The molecule has 1 aromatic heterocycles. The number of halogens is 2. The van der Waals surface area contributed by atoms with Crippen molar-refractivity contribution in [3.8, 4) is 0 Å². The second-order valence-corrected chi connectivity index (χ2v) is 4.85. The molecule has 0 aliphatic carbocycles. The fraction of sp³-hybridized carbons (Fsp3) is 0.154. The molecule has 0 radical (unpaired) electrons. The minimum atomic E-state index is -0.374. The third kappa shape index (κ3) is 2.98. The van der Waals surface area contributed by atoms with Crippen molar-refractivity contribution in [1.82, 2.24) is 9.88 Å². The lowest BCUT2D eigenvalue weighted by Gasteiger charge is -2.06. The number of rotatable bonds is 3. The SMILES string of the molecule is Cn1ccc(CNC(=O)c2ccc(F)cc2Br)c1. The van der Waals surface area contributed by atoms with Gasteiger partial charge in [-0.25, -0.2) is 4.39 Å². The molecule has 0 saturated carbocycles. The highest BCUT2D eigenvalue weighted by Gasteiger charge is 2.10. The molecule has 18 heavy (non-hydrogen) atoms. The van der Waals surface area contributed by atoms with Crippen LogP contribution in [0.2, 0.25) is 0 Å². The molecule has 1 aromatic carbocycles. The maximum Gasteiger partial charge on any atom is 0.252 e. The summed E-state index contributed by atoms with van der Waals surface area (Å²) in [6.07, 6.45) is 3.84. The Labute approximate surface area is 113 Å². The van der Waals surface area contributed by atoms with E-state index in [0.29, 0.717) is 16.6 Å². The molecule has 0 saturated heterocycles. The highest BCUT2D eigenvalue weighted by atomic mass is 79.9. The Morgan fingerprint density at radius 3 is 2.83 bits per heavy atom.